The first-order valence-corrected chi connectivity index (χ1v) is 7.53. The highest BCUT2D eigenvalue weighted by molar-refractivity contribution is 5.91. The number of hydrogen-bond donors (Lipinski definition) is 1. The standard InChI is InChI=1S/C18H23NO/c1-4-15-13-8-12(3)10-18(15,17(19)20)16-6-5-11(2)7-14(16)9-13/h4-6,8,11,13H,7,9-10H2,1-3H3,(H2,19,20)/b15-4+/t11?,13-,18+/m0/s1. The Balaban J connectivity index is 2.24. The second-order valence-corrected chi connectivity index (χ2v) is 6.57. The molecule has 0 heterocycles. The average Bonchev–Trinajstić information content (AvgIpc) is 2.36. The van der Waals surface area contributed by atoms with E-state index in [-0.39, 0.29) is 5.91 Å². The lowest BCUT2D eigenvalue weighted by atomic mass is 9.55. The van der Waals surface area contributed by atoms with Gasteiger partial charge >= 0.3 is 0 Å². The van der Waals surface area contributed by atoms with Gasteiger partial charge in [0.15, 0.2) is 0 Å². The minimum Gasteiger partial charge on any atom is -0.369 e. The molecule has 2 nitrogen and oxygen atoms in total. The lowest BCUT2D eigenvalue weighted by Gasteiger charge is -2.48. The molecule has 3 rings (SSSR count). The molecule has 0 saturated carbocycles. The Morgan fingerprint density at radius 3 is 2.85 bits per heavy atom. The van der Waals surface area contributed by atoms with Gasteiger partial charge in [-0.2, -0.15) is 0 Å². The molecule has 0 saturated heterocycles. The number of allylic oxidation sites excluding steroid dienone is 6. The monoisotopic (exact) mass is 269 g/mol. The average molecular weight is 269 g/mol. The van der Waals surface area contributed by atoms with Gasteiger partial charge < -0.3 is 5.73 Å². The molecule has 0 aromatic heterocycles. The normalized spacial score (nSPS) is 37.8. The predicted octanol–water partition coefficient (Wildman–Crippen LogP) is 3.67. The van der Waals surface area contributed by atoms with Crippen LogP contribution in [0, 0.1) is 17.3 Å². The van der Waals surface area contributed by atoms with Gasteiger partial charge in [-0.05, 0) is 50.2 Å². The van der Waals surface area contributed by atoms with Gasteiger partial charge in [0.2, 0.25) is 5.91 Å². The molecule has 2 bridgehead atoms. The molecule has 0 aromatic carbocycles. The lowest BCUT2D eigenvalue weighted by molar-refractivity contribution is -0.124. The van der Waals surface area contributed by atoms with Crippen molar-refractivity contribution in [2.45, 2.75) is 40.0 Å². The highest BCUT2D eigenvalue weighted by Crippen LogP contribution is 2.56. The molecule has 3 aliphatic carbocycles. The van der Waals surface area contributed by atoms with Crippen LogP contribution in [0.1, 0.15) is 40.0 Å². The molecule has 0 spiro atoms. The topological polar surface area (TPSA) is 43.1 Å². The van der Waals surface area contributed by atoms with Gasteiger partial charge in [-0.1, -0.05) is 42.4 Å². The number of carbonyl (C=O) groups is 1. The fourth-order valence-electron chi connectivity index (χ4n) is 4.42. The Kier molecular flexibility index (Phi) is 3.00. The number of hydrogen-bond acceptors (Lipinski definition) is 1. The third kappa shape index (κ3) is 1.67. The van der Waals surface area contributed by atoms with E-state index >= 15 is 0 Å². The number of fused-ring (bicyclic) bond motifs is 3. The summed E-state index contributed by atoms with van der Waals surface area (Å²) in [6, 6.07) is 0. The Morgan fingerprint density at radius 1 is 1.45 bits per heavy atom. The Labute approximate surface area is 121 Å². The molecule has 1 amide bonds. The van der Waals surface area contributed by atoms with E-state index in [0.29, 0.717) is 11.8 Å². The van der Waals surface area contributed by atoms with Gasteiger partial charge in [-0.15, -0.1) is 0 Å². The smallest absolute Gasteiger partial charge is 0.232 e. The number of amides is 1. The van der Waals surface area contributed by atoms with Crippen LogP contribution < -0.4 is 5.73 Å². The van der Waals surface area contributed by atoms with E-state index in [1.165, 1.54) is 22.3 Å². The van der Waals surface area contributed by atoms with Crippen LogP contribution in [0.15, 0.2) is 46.6 Å². The summed E-state index contributed by atoms with van der Waals surface area (Å²) < 4.78 is 0. The van der Waals surface area contributed by atoms with E-state index in [0.717, 1.165) is 19.3 Å². The van der Waals surface area contributed by atoms with Crippen LogP contribution >= 0.6 is 0 Å². The summed E-state index contributed by atoms with van der Waals surface area (Å²) in [6.07, 6.45) is 11.7. The third-order valence-corrected chi connectivity index (χ3v) is 5.12. The molecule has 0 aliphatic heterocycles. The van der Waals surface area contributed by atoms with Crippen molar-refractivity contribution in [3.05, 3.63) is 46.6 Å². The van der Waals surface area contributed by atoms with E-state index in [1.54, 1.807) is 0 Å². The van der Waals surface area contributed by atoms with E-state index in [2.05, 4.69) is 38.2 Å². The first kappa shape index (κ1) is 13.4. The van der Waals surface area contributed by atoms with Crippen molar-refractivity contribution in [3.8, 4) is 0 Å². The molecule has 3 aliphatic rings. The van der Waals surface area contributed by atoms with Gasteiger partial charge in [-0.25, -0.2) is 0 Å². The Bertz CT molecular complexity index is 591. The Morgan fingerprint density at radius 2 is 2.20 bits per heavy atom. The summed E-state index contributed by atoms with van der Waals surface area (Å²) in [5, 5.41) is 0. The van der Waals surface area contributed by atoms with Crippen molar-refractivity contribution >= 4 is 5.91 Å². The zero-order valence-corrected chi connectivity index (χ0v) is 12.6. The summed E-state index contributed by atoms with van der Waals surface area (Å²) in [7, 11) is 0. The summed E-state index contributed by atoms with van der Waals surface area (Å²) >= 11 is 0. The molecule has 2 heteroatoms. The number of nitrogens with two attached hydrogens (primary N) is 1. The van der Waals surface area contributed by atoms with Crippen molar-refractivity contribution in [1.82, 2.24) is 0 Å². The van der Waals surface area contributed by atoms with Crippen LogP contribution in [0.2, 0.25) is 0 Å². The van der Waals surface area contributed by atoms with Gasteiger partial charge in [-0.3, -0.25) is 4.79 Å². The molecule has 0 fully saturated rings. The van der Waals surface area contributed by atoms with Crippen molar-refractivity contribution in [3.63, 3.8) is 0 Å². The molecule has 3 atom stereocenters. The minimum atomic E-state index is -0.581. The summed E-state index contributed by atoms with van der Waals surface area (Å²) in [6.45, 7) is 6.40. The first-order valence-electron chi connectivity index (χ1n) is 7.53. The molecular weight excluding hydrogens is 246 g/mol. The largest absolute Gasteiger partial charge is 0.369 e. The molecular formula is C18H23NO. The van der Waals surface area contributed by atoms with Crippen molar-refractivity contribution in [2.24, 2.45) is 23.0 Å². The van der Waals surface area contributed by atoms with Gasteiger partial charge in [0.1, 0.15) is 0 Å². The predicted molar refractivity (Wildman–Crippen MR) is 81.8 cm³/mol. The van der Waals surface area contributed by atoms with Crippen LogP contribution in [0.5, 0.6) is 0 Å². The van der Waals surface area contributed by atoms with Crippen LogP contribution in [-0.4, -0.2) is 5.91 Å². The number of rotatable bonds is 1. The second kappa shape index (κ2) is 4.47. The van der Waals surface area contributed by atoms with Crippen LogP contribution in [0.4, 0.5) is 0 Å². The number of carbonyl (C=O) groups excluding carboxylic acids is 1. The second-order valence-electron chi connectivity index (χ2n) is 6.57. The maximum Gasteiger partial charge on any atom is 0.232 e. The van der Waals surface area contributed by atoms with Crippen molar-refractivity contribution in [2.75, 3.05) is 0 Å². The maximum atomic E-state index is 12.4. The van der Waals surface area contributed by atoms with Gasteiger partial charge in [0.25, 0.3) is 0 Å². The highest BCUT2D eigenvalue weighted by Gasteiger charge is 2.51. The van der Waals surface area contributed by atoms with Crippen molar-refractivity contribution < 1.29 is 4.79 Å². The van der Waals surface area contributed by atoms with E-state index < -0.39 is 5.41 Å². The van der Waals surface area contributed by atoms with Crippen LogP contribution in [0.25, 0.3) is 0 Å². The molecule has 0 aromatic rings. The first-order chi connectivity index (χ1) is 9.49. The molecule has 2 N–H and O–H groups in total. The van der Waals surface area contributed by atoms with Crippen molar-refractivity contribution in [1.29, 1.82) is 0 Å². The van der Waals surface area contributed by atoms with E-state index in [9.17, 15) is 4.79 Å². The van der Waals surface area contributed by atoms with Crippen LogP contribution in [0.3, 0.4) is 0 Å². The quantitative estimate of drug-likeness (QED) is 0.725. The number of primary amides is 1. The van der Waals surface area contributed by atoms with Crippen LogP contribution in [-0.2, 0) is 4.79 Å². The molecule has 1 unspecified atom stereocenters. The summed E-state index contributed by atoms with van der Waals surface area (Å²) in [5.41, 5.74) is 10.5. The minimum absolute atomic E-state index is 0.186. The Hall–Kier alpha value is -1.57. The highest BCUT2D eigenvalue weighted by atomic mass is 16.1. The SMILES string of the molecule is C/C=C1\[C@H]2C=C(C)C[C@]1(C(N)=O)C1=C(CC(C)C=C1)C2. The third-order valence-electron chi connectivity index (χ3n) is 5.12. The molecule has 106 valence electrons. The lowest BCUT2D eigenvalue weighted by Crippen LogP contribution is -2.47. The fraction of sp³-hybridized carbons (Fsp3) is 0.500. The zero-order chi connectivity index (χ0) is 14.5. The molecule has 0 radical (unpaired) electrons. The van der Waals surface area contributed by atoms with Gasteiger partial charge in [0, 0.05) is 5.92 Å². The van der Waals surface area contributed by atoms with E-state index in [4.69, 9.17) is 5.73 Å². The fourth-order valence-corrected chi connectivity index (χ4v) is 4.42. The van der Waals surface area contributed by atoms with Gasteiger partial charge in [0.05, 0.1) is 5.41 Å². The molecule has 20 heavy (non-hydrogen) atoms. The summed E-state index contributed by atoms with van der Waals surface area (Å²) in [5.74, 6) is 0.741. The summed E-state index contributed by atoms with van der Waals surface area (Å²) in [4.78, 5) is 12.4. The zero-order valence-electron chi connectivity index (χ0n) is 12.6. The van der Waals surface area contributed by atoms with E-state index in [1.807, 2.05) is 6.92 Å². The maximum absolute atomic E-state index is 12.4.